The molecule has 29 heavy (non-hydrogen) atoms. The van der Waals surface area contributed by atoms with E-state index in [1.165, 1.54) is 0 Å². The lowest BCUT2D eigenvalue weighted by molar-refractivity contribution is -0.0951. The van der Waals surface area contributed by atoms with Crippen molar-refractivity contribution in [2.24, 2.45) is 11.3 Å². The van der Waals surface area contributed by atoms with Gasteiger partial charge in [0.2, 0.25) is 9.84 Å². The van der Waals surface area contributed by atoms with Crippen LogP contribution in [0.3, 0.4) is 0 Å². The summed E-state index contributed by atoms with van der Waals surface area (Å²) in [4.78, 5) is 0.761. The molecule has 0 spiro atoms. The molecule has 1 aliphatic heterocycles. The van der Waals surface area contributed by atoms with E-state index in [0.29, 0.717) is 22.0 Å². The average Bonchev–Trinajstić information content (AvgIpc) is 2.67. The molecule has 0 aromatic heterocycles. The summed E-state index contributed by atoms with van der Waals surface area (Å²) < 4.78 is 34.1. The zero-order valence-electron chi connectivity index (χ0n) is 17.7. The zero-order chi connectivity index (χ0) is 20.9. The SMILES string of the molecule is Cc1ccc(S(=O)(=O)C2=C(c3ccccc3)O[C@@]3(C)CCCC(C)(C)[C@@H]3C2)cc1. The minimum atomic E-state index is -3.65. The number of allylic oxidation sites excluding steroid dienone is 1. The van der Waals surface area contributed by atoms with Crippen LogP contribution in [-0.4, -0.2) is 14.0 Å². The van der Waals surface area contributed by atoms with Crippen LogP contribution < -0.4 is 0 Å². The molecule has 0 bridgehead atoms. The standard InChI is InChI=1S/C25H30O3S/c1-18-11-13-20(14-12-18)29(26,27)21-17-22-24(2,3)15-8-16-25(22,4)28-23(21)19-9-6-5-7-10-19/h5-7,9-14,22H,8,15-17H2,1-4H3/t22-,25-/m0/s1. The van der Waals surface area contributed by atoms with Gasteiger partial charge in [-0.3, -0.25) is 0 Å². The first kappa shape index (κ1) is 20.2. The van der Waals surface area contributed by atoms with Gasteiger partial charge >= 0.3 is 0 Å². The Hall–Kier alpha value is -2.07. The fourth-order valence-corrected chi connectivity index (χ4v) is 6.72. The van der Waals surface area contributed by atoms with E-state index in [0.717, 1.165) is 30.4 Å². The molecule has 4 heteroatoms. The first-order valence-corrected chi connectivity index (χ1v) is 11.9. The van der Waals surface area contributed by atoms with Gasteiger partial charge in [-0.15, -0.1) is 0 Å². The van der Waals surface area contributed by atoms with E-state index >= 15 is 0 Å². The summed E-state index contributed by atoms with van der Waals surface area (Å²) in [6, 6.07) is 16.8. The molecule has 1 aliphatic carbocycles. The minimum absolute atomic E-state index is 0.0310. The van der Waals surface area contributed by atoms with Crippen molar-refractivity contribution in [3.8, 4) is 0 Å². The van der Waals surface area contributed by atoms with Crippen LogP contribution >= 0.6 is 0 Å². The third-order valence-electron chi connectivity index (χ3n) is 6.84. The molecule has 1 fully saturated rings. The van der Waals surface area contributed by atoms with Gasteiger partial charge in [-0.1, -0.05) is 61.9 Å². The van der Waals surface area contributed by atoms with Crippen LogP contribution in [0.4, 0.5) is 0 Å². The normalized spacial score (nSPS) is 26.6. The molecule has 2 aromatic rings. The number of ether oxygens (including phenoxy) is 1. The molecule has 154 valence electrons. The van der Waals surface area contributed by atoms with E-state index in [1.54, 1.807) is 12.1 Å². The van der Waals surface area contributed by atoms with Crippen molar-refractivity contribution in [2.45, 2.75) is 63.9 Å². The second-order valence-corrected chi connectivity index (χ2v) is 11.4. The first-order valence-electron chi connectivity index (χ1n) is 10.4. The fraction of sp³-hybridized carbons (Fsp3) is 0.440. The highest BCUT2D eigenvalue weighted by Gasteiger charge is 2.53. The third kappa shape index (κ3) is 3.52. The minimum Gasteiger partial charge on any atom is -0.486 e. The fourth-order valence-electron chi connectivity index (χ4n) is 5.15. The summed E-state index contributed by atoms with van der Waals surface area (Å²) in [5.41, 5.74) is 1.56. The smallest absolute Gasteiger partial charge is 0.206 e. The number of fused-ring (bicyclic) bond motifs is 1. The van der Waals surface area contributed by atoms with Gasteiger partial charge in [0, 0.05) is 11.5 Å². The van der Waals surface area contributed by atoms with Gasteiger partial charge in [0.15, 0.2) is 0 Å². The summed E-state index contributed by atoms with van der Waals surface area (Å²) in [6.45, 7) is 8.63. The maximum absolute atomic E-state index is 13.7. The van der Waals surface area contributed by atoms with E-state index in [1.807, 2.05) is 49.4 Å². The molecule has 3 nitrogen and oxygen atoms in total. The van der Waals surface area contributed by atoms with Gasteiger partial charge in [0.05, 0.1) is 9.80 Å². The lowest BCUT2D eigenvalue weighted by Crippen LogP contribution is -2.51. The summed E-state index contributed by atoms with van der Waals surface area (Å²) >= 11 is 0. The molecule has 1 saturated carbocycles. The molecule has 0 radical (unpaired) electrons. The van der Waals surface area contributed by atoms with Crippen LogP contribution in [0.5, 0.6) is 0 Å². The van der Waals surface area contributed by atoms with Gasteiger partial charge in [-0.2, -0.15) is 0 Å². The van der Waals surface area contributed by atoms with Crippen molar-refractivity contribution in [3.05, 3.63) is 70.6 Å². The molecule has 0 amide bonds. The van der Waals surface area contributed by atoms with Crippen molar-refractivity contribution in [3.63, 3.8) is 0 Å². The Bertz CT molecular complexity index is 1030. The van der Waals surface area contributed by atoms with Crippen molar-refractivity contribution >= 4 is 15.6 Å². The quantitative estimate of drug-likeness (QED) is 0.610. The number of hydrogen-bond acceptors (Lipinski definition) is 3. The van der Waals surface area contributed by atoms with E-state index in [-0.39, 0.29) is 16.9 Å². The predicted octanol–water partition coefficient (Wildman–Crippen LogP) is 6.14. The van der Waals surface area contributed by atoms with E-state index in [4.69, 9.17) is 4.74 Å². The first-order chi connectivity index (χ1) is 13.6. The van der Waals surface area contributed by atoms with E-state index in [2.05, 4.69) is 20.8 Å². The van der Waals surface area contributed by atoms with E-state index < -0.39 is 9.84 Å². The molecular weight excluding hydrogens is 380 g/mol. The second kappa shape index (κ2) is 7.02. The summed E-state index contributed by atoms with van der Waals surface area (Å²) in [5, 5.41) is 0. The van der Waals surface area contributed by atoms with Crippen LogP contribution in [0.25, 0.3) is 5.76 Å². The van der Waals surface area contributed by atoms with Gasteiger partial charge in [-0.05, 0) is 57.1 Å². The average molecular weight is 411 g/mol. The monoisotopic (exact) mass is 410 g/mol. The Kier molecular flexibility index (Phi) is 4.89. The second-order valence-electron chi connectivity index (χ2n) is 9.45. The van der Waals surface area contributed by atoms with Crippen molar-refractivity contribution < 1.29 is 13.2 Å². The number of aryl methyl sites for hydroxylation is 1. The van der Waals surface area contributed by atoms with Crippen LogP contribution in [0.15, 0.2) is 64.4 Å². The van der Waals surface area contributed by atoms with Crippen molar-refractivity contribution in [1.82, 2.24) is 0 Å². The van der Waals surface area contributed by atoms with Crippen LogP contribution in [0.1, 0.15) is 57.6 Å². The van der Waals surface area contributed by atoms with Crippen LogP contribution in [0.2, 0.25) is 0 Å². The lowest BCUT2D eigenvalue weighted by Gasteiger charge is -2.53. The maximum atomic E-state index is 13.7. The molecule has 2 atom stereocenters. The van der Waals surface area contributed by atoms with Crippen molar-refractivity contribution in [2.75, 3.05) is 0 Å². The third-order valence-corrected chi connectivity index (χ3v) is 8.74. The van der Waals surface area contributed by atoms with Crippen LogP contribution in [-0.2, 0) is 14.6 Å². The molecule has 2 aromatic carbocycles. The van der Waals surface area contributed by atoms with Gasteiger partial charge in [0.1, 0.15) is 11.4 Å². The zero-order valence-corrected chi connectivity index (χ0v) is 18.6. The number of hydrogen-bond donors (Lipinski definition) is 0. The largest absolute Gasteiger partial charge is 0.486 e. The highest BCUT2D eigenvalue weighted by Crippen LogP contribution is 2.56. The number of benzene rings is 2. The summed E-state index contributed by atoms with van der Waals surface area (Å²) in [7, 11) is -3.65. The Balaban J connectivity index is 1.91. The molecule has 0 N–H and O–H groups in total. The topological polar surface area (TPSA) is 43.4 Å². The highest BCUT2D eigenvalue weighted by atomic mass is 32.2. The number of rotatable bonds is 3. The molecule has 0 unspecified atom stereocenters. The summed E-state index contributed by atoms with van der Waals surface area (Å²) in [6.07, 6.45) is 3.66. The Morgan fingerprint density at radius 2 is 1.59 bits per heavy atom. The molecule has 0 saturated heterocycles. The highest BCUT2D eigenvalue weighted by molar-refractivity contribution is 7.95. The Labute approximate surface area is 174 Å². The number of sulfone groups is 1. The molecule has 2 aliphatic rings. The summed E-state index contributed by atoms with van der Waals surface area (Å²) in [5.74, 6) is 0.689. The maximum Gasteiger partial charge on any atom is 0.206 e. The van der Waals surface area contributed by atoms with Gasteiger partial charge in [0.25, 0.3) is 0 Å². The molecule has 1 heterocycles. The van der Waals surface area contributed by atoms with Crippen molar-refractivity contribution in [1.29, 1.82) is 0 Å². The van der Waals surface area contributed by atoms with E-state index in [9.17, 15) is 8.42 Å². The molecular formula is C25H30O3S. The predicted molar refractivity (Wildman–Crippen MR) is 117 cm³/mol. The van der Waals surface area contributed by atoms with Gasteiger partial charge in [-0.25, -0.2) is 8.42 Å². The molecule has 4 rings (SSSR count). The Morgan fingerprint density at radius 3 is 2.24 bits per heavy atom. The van der Waals surface area contributed by atoms with Gasteiger partial charge < -0.3 is 4.74 Å². The Morgan fingerprint density at radius 1 is 0.931 bits per heavy atom. The van der Waals surface area contributed by atoms with Crippen LogP contribution in [0, 0.1) is 18.3 Å². The lowest BCUT2D eigenvalue weighted by atomic mass is 9.60.